The summed E-state index contributed by atoms with van der Waals surface area (Å²) in [6, 6.07) is 10.0. The lowest BCUT2D eigenvalue weighted by Gasteiger charge is -2.03. The van der Waals surface area contributed by atoms with Crippen LogP contribution in [0.2, 0.25) is 0 Å². The van der Waals surface area contributed by atoms with Gasteiger partial charge in [0.1, 0.15) is 17.3 Å². The van der Waals surface area contributed by atoms with E-state index in [2.05, 4.69) is 28.5 Å². The van der Waals surface area contributed by atoms with Crippen LogP contribution in [0.5, 0.6) is 0 Å². The Morgan fingerprint density at radius 1 is 1.14 bits per heavy atom. The largest absolute Gasteiger partial charge is 0.383 e. The van der Waals surface area contributed by atoms with E-state index in [1.54, 1.807) is 0 Å². The van der Waals surface area contributed by atoms with Crippen molar-refractivity contribution in [2.24, 2.45) is 0 Å². The maximum Gasteiger partial charge on any atom is 0.131 e. The second kappa shape index (κ2) is 5.44. The van der Waals surface area contributed by atoms with Gasteiger partial charge in [-0.1, -0.05) is 25.1 Å². The van der Waals surface area contributed by atoms with E-state index in [0.717, 1.165) is 35.7 Å². The van der Waals surface area contributed by atoms with E-state index in [9.17, 15) is 0 Å². The molecule has 0 radical (unpaired) electrons. The second-order valence-corrected chi connectivity index (χ2v) is 4.87. The van der Waals surface area contributed by atoms with Gasteiger partial charge in [-0.15, -0.1) is 0 Å². The molecule has 2 heterocycles. The van der Waals surface area contributed by atoms with Crippen molar-refractivity contribution >= 4 is 5.82 Å². The highest BCUT2D eigenvalue weighted by Crippen LogP contribution is 2.27. The SMILES string of the molecule is CCc1nc(-c2cnn(-c3ccccc3)c2)c(N)n1CC. The zero-order chi connectivity index (χ0) is 14.8. The Labute approximate surface area is 124 Å². The maximum absolute atomic E-state index is 6.23. The number of nitrogen functional groups attached to an aromatic ring is 1. The number of imidazole rings is 1. The lowest BCUT2D eigenvalue weighted by Crippen LogP contribution is -2.04. The number of para-hydroxylation sites is 1. The van der Waals surface area contributed by atoms with Crippen LogP contribution in [-0.4, -0.2) is 19.3 Å². The average Bonchev–Trinajstić information content (AvgIpc) is 3.12. The molecule has 0 fully saturated rings. The molecule has 1 aromatic carbocycles. The molecule has 0 saturated heterocycles. The van der Waals surface area contributed by atoms with Crippen molar-refractivity contribution in [3.8, 4) is 16.9 Å². The van der Waals surface area contributed by atoms with Crippen LogP contribution in [0.25, 0.3) is 16.9 Å². The van der Waals surface area contributed by atoms with Crippen LogP contribution in [0.15, 0.2) is 42.7 Å². The zero-order valence-electron chi connectivity index (χ0n) is 12.3. The number of nitrogens with zero attached hydrogens (tertiary/aromatic N) is 4. The predicted octanol–water partition coefficient (Wildman–Crippen LogP) is 2.90. The lowest BCUT2D eigenvalue weighted by atomic mass is 10.2. The number of aromatic nitrogens is 4. The molecular weight excluding hydrogens is 262 g/mol. The van der Waals surface area contributed by atoms with Crippen molar-refractivity contribution in [1.29, 1.82) is 0 Å². The van der Waals surface area contributed by atoms with Gasteiger partial charge in [0.25, 0.3) is 0 Å². The topological polar surface area (TPSA) is 61.7 Å². The maximum atomic E-state index is 6.23. The molecule has 0 saturated carbocycles. The number of benzene rings is 1. The number of rotatable bonds is 4. The summed E-state index contributed by atoms with van der Waals surface area (Å²) in [5, 5.41) is 4.41. The summed E-state index contributed by atoms with van der Waals surface area (Å²) in [6.45, 7) is 4.99. The third kappa shape index (κ3) is 2.31. The third-order valence-corrected chi connectivity index (χ3v) is 3.60. The van der Waals surface area contributed by atoms with Gasteiger partial charge in [0.2, 0.25) is 0 Å². The highest BCUT2D eigenvalue weighted by molar-refractivity contribution is 5.70. The molecule has 5 heteroatoms. The third-order valence-electron chi connectivity index (χ3n) is 3.60. The summed E-state index contributed by atoms with van der Waals surface area (Å²) in [5.41, 5.74) is 9.01. The van der Waals surface area contributed by atoms with Crippen LogP contribution in [-0.2, 0) is 13.0 Å². The zero-order valence-corrected chi connectivity index (χ0v) is 12.3. The van der Waals surface area contributed by atoms with Gasteiger partial charge in [-0.25, -0.2) is 9.67 Å². The van der Waals surface area contributed by atoms with Gasteiger partial charge in [0.15, 0.2) is 0 Å². The average molecular weight is 281 g/mol. The Morgan fingerprint density at radius 3 is 2.52 bits per heavy atom. The molecule has 0 bridgehead atoms. The van der Waals surface area contributed by atoms with E-state index in [1.165, 1.54) is 0 Å². The van der Waals surface area contributed by atoms with E-state index in [0.29, 0.717) is 5.82 Å². The van der Waals surface area contributed by atoms with Gasteiger partial charge >= 0.3 is 0 Å². The van der Waals surface area contributed by atoms with Crippen molar-refractivity contribution in [2.45, 2.75) is 26.8 Å². The van der Waals surface area contributed by atoms with Crippen molar-refractivity contribution in [3.05, 3.63) is 48.5 Å². The highest BCUT2D eigenvalue weighted by Gasteiger charge is 2.15. The lowest BCUT2D eigenvalue weighted by molar-refractivity contribution is 0.713. The molecule has 0 spiro atoms. The minimum absolute atomic E-state index is 0.710. The molecule has 5 nitrogen and oxygen atoms in total. The standard InChI is InChI=1S/C16H19N5/c1-3-14-19-15(16(17)20(14)4-2)12-10-18-21(11-12)13-8-6-5-7-9-13/h5-11H,3-4,17H2,1-2H3. The molecule has 2 aromatic heterocycles. The molecule has 21 heavy (non-hydrogen) atoms. The highest BCUT2D eigenvalue weighted by atomic mass is 15.3. The summed E-state index contributed by atoms with van der Waals surface area (Å²) in [4.78, 5) is 4.66. The van der Waals surface area contributed by atoms with E-state index in [4.69, 9.17) is 5.73 Å². The van der Waals surface area contributed by atoms with Crippen LogP contribution in [0.1, 0.15) is 19.7 Å². The van der Waals surface area contributed by atoms with Gasteiger partial charge in [-0.2, -0.15) is 5.10 Å². The van der Waals surface area contributed by atoms with Crippen LogP contribution in [0.3, 0.4) is 0 Å². The van der Waals surface area contributed by atoms with Crippen LogP contribution < -0.4 is 5.73 Å². The molecule has 3 rings (SSSR count). The molecule has 3 aromatic rings. The molecule has 0 aliphatic carbocycles. The van der Waals surface area contributed by atoms with Crippen molar-refractivity contribution in [1.82, 2.24) is 19.3 Å². The molecule has 0 amide bonds. The predicted molar refractivity (Wildman–Crippen MR) is 84.2 cm³/mol. The fourth-order valence-electron chi connectivity index (χ4n) is 2.52. The van der Waals surface area contributed by atoms with Crippen LogP contribution in [0, 0.1) is 0 Å². The number of hydrogen-bond donors (Lipinski definition) is 1. The fraction of sp³-hybridized carbons (Fsp3) is 0.250. The molecule has 0 unspecified atom stereocenters. The summed E-state index contributed by atoms with van der Waals surface area (Å²) >= 11 is 0. The van der Waals surface area contributed by atoms with Crippen molar-refractivity contribution < 1.29 is 0 Å². The molecule has 108 valence electrons. The number of hydrogen-bond acceptors (Lipinski definition) is 3. The van der Waals surface area contributed by atoms with Crippen LogP contribution >= 0.6 is 0 Å². The molecule has 2 N–H and O–H groups in total. The second-order valence-electron chi connectivity index (χ2n) is 4.87. The molecule has 0 aliphatic rings. The van der Waals surface area contributed by atoms with Gasteiger partial charge < -0.3 is 10.3 Å². The van der Waals surface area contributed by atoms with E-state index in [1.807, 2.05) is 47.4 Å². The minimum Gasteiger partial charge on any atom is -0.383 e. The van der Waals surface area contributed by atoms with Crippen molar-refractivity contribution in [3.63, 3.8) is 0 Å². The first-order chi connectivity index (χ1) is 10.2. The quantitative estimate of drug-likeness (QED) is 0.800. The Bertz CT molecular complexity index is 739. The van der Waals surface area contributed by atoms with E-state index >= 15 is 0 Å². The summed E-state index contributed by atoms with van der Waals surface area (Å²) in [7, 11) is 0. The van der Waals surface area contributed by atoms with Gasteiger partial charge in [0.05, 0.1) is 11.9 Å². The fourth-order valence-corrected chi connectivity index (χ4v) is 2.52. The monoisotopic (exact) mass is 281 g/mol. The van der Waals surface area contributed by atoms with E-state index < -0.39 is 0 Å². The Balaban J connectivity index is 2.03. The number of aryl methyl sites for hydroxylation is 1. The summed E-state index contributed by atoms with van der Waals surface area (Å²) in [6.07, 6.45) is 4.64. The first kappa shape index (κ1) is 13.4. The van der Waals surface area contributed by atoms with Gasteiger partial charge in [-0.05, 0) is 19.1 Å². The minimum atomic E-state index is 0.710. The Kier molecular flexibility index (Phi) is 3.48. The normalized spacial score (nSPS) is 11.0. The Morgan fingerprint density at radius 2 is 1.90 bits per heavy atom. The number of anilines is 1. The summed E-state index contributed by atoms with van der Waals surface area (Å²) < 4.78 is 3.89. The Hall–Kier alpha value is -2.56. The molecule has 0 atom stereocenters. The molecular formula is C16H19N5. The van der Waals surface area contributed by atoms with Gasteiger partial charge in [0, 0.05) is 24.7 Å². The summed E-state index contributed by atoms with van der Waals surface area (Å²) in [5.74, 6) is 1.72. The first-order valence-electron chi connectivity index (χ1n) is 7.20. The van der Waals surface area contributed by atoms with Gasteiger partial charge in [-0.3, -0.25) is 0 Å². The van der Waals surface area contributed by atoms with Crippen molar-refractivity contribution in [2.75, 3.05) is 5.73 Å². The van der Waals surface area contributed by atoms with E-state index in [-0.39, 0.29) is 0 Å². The molecule has 0 aliphatic heterocycles. The smallest absolute Gasteiger partial charge is 0.131 e. The number of nitrogens with two attached hydrogens (primary N) is 1. The van der Waals surface area contributed by atoms with Crippen LogP contribution in [0.4, 0.5) is 5.82 Å². The first-order valence-corrected chi connectivity index (χ1v) is 7.20.